The Kier molecular flexibility index (Phi) is 6.20. The number of carbonyl (C=O) groups is 3. The molecule has 2 aromatic rings. The number of benzene rings is 2. The van der Waals surface area contributed by atoms with E-state index in [4.69, 9.17) is 9.47 Å². The SMILES string of the molecule is O=C(COC(=O)CCN1C(=O)COc2ccccc21)Nc1ccc(F)c([N+](=O)[O-])c1. The van der Waals surface area contributed by atoms with Gasteiger partial charge in [-0.15, -0.1) is 0 Å². The zero-order valence-corrected chi connectivity index (χ0v) is 15.5. The lowest BCUT2D eigenvalue weighted by Gasteiger charge is -2.28. The maximum absolute atomic E-state index is 13.3. The number of ether oxygens (including phenoxy) is 2. The van der Waals surface area contributed by atoms with Crippen molar-refractivity contribution in [3.63, 3.8) is 0 Å². The molecule has 0 fully saturated rings. The summed E-state index contributed by atoms with van der Waals surface area (Å²) in [5.41, 5.74) is -0.267. The van der Waals surface area contributed by atoms with Crippen molar-refractivity contribution in [2.75, 3.05) is 30.0 Å². The summed E-state index contributed by atoms with van der Waals surface area (Å²) in [6.45, 7) is -0.736. The molecule has 2 amide bonds. The van der Waals surface area contributed by atoms with Gasteiger partial charge in [0.25, 0.3) is 11.8 Å². The van der Waals surface area contributed by atoms with Crippen LogP contribution in [0.4, 0.5) is 21.5 Å². The summed E-state index contributed by atoms with van der Waals surface area (Å²) in [4.78, 5) is 47.1. The number of esters is 1. The standard InChI is InChI=1S/C19H16FN3O7/c20-13-6-5-12(9-15(13)23(27)28)21-17(24)10-30-19(26)7-8-22-14-3-1-2-4-16(14)29-11-18(22)25/h1-6,9H,7-8,10-11H2,(H,21,24). The number of hydrogen-bond acceptors (Lipinski definition) is 7. The Labute approximate surface area is 169 Å². The number of para-hydroxylation sites is 2. The average Bonchev–Trinajstić information content (AvgIpc) is 2.72. The second-order valence-electron chi connectivity index (χ2n) is 6.18. The van der Waals surface area contributed by atoms with Crippen LogP contribution in [0.5, 0.6) is 5.75 Å². The van der Waals surface area contributed by atoms with Crippen molar-refractivity contribution >= 4 is 34.8 Å². The molecule has 3 rings (SSSR count). The van der Waals surface area contributed by atoms with Crippen LogP contribution < -0.4 is 15.0 Å². The molecular weight excluding hydrogens is 401 g/mol. The van der Waals surface area contributed by atoms with E-state index in [2.05, 4.69) is 5.32 Å². The fourth-order valence-corrected chi connectivity index (χ4v) is 2.75. The molecule has 0 spiro atoms. The van der Waals surface area contributed by atoms with E-state index in [-0.39, 0.29) is 31.2 Å². The van der Waals surface area contributed by atoms with E-state index >= 15 is 0 Å². The number of halogens is 1. The summed E-state index contributed by atoms with van der Waals surface area (Å²) in [6.07, 6.45) is -0.157. The number of nitro groups is 1. The van der Waals surface area contributed by atoms with Gasteiger partial charge >= 0.3 is 11.7 Å². The van der Waals surface area contributed by atoms with Crippen LogP contribution in [0.15, 0.2) is 42.5 Å². The summed E-state index contributed by atoms with van der Waals surface area (Å²) < 4.78 is 23.5. The van der Waals surface area contributed by atoms with Crippen molar-refractivity contribution in [3.8, 4) is 5.75 Å². The predicted molar refractivity (Wildman–Crippen MR) is 102 cm³/mol. The van der Waals surface area contributed by atoms with Crippen LogP contribution in [0.1, 0.15) is 6.42 Å². The minimum atomic E-state index is -1.04. The van der Waals surface area contributed by atoms with E-state index in [0.29, 0.717) is 11.4 Å². The van der Waals surface area contributed by atoms with Crippen LogP contribution in [-0.4, -0.2) is 42.5 Å². The second kappa shape index (κ2) is 8.99. The molecule has 0 atom stereocenters. The molecule has 2 aromatic carbocycles. The number of rotatable bonds is 7. The third kappa shape index (κ3) is 4.87. The van der Waals surface area contributed by atoms with Crippen LogP contribution >= 0.6 is 0 Å². The van der Waals surface area contributed by atoms with E-state index in [9.17, 15) is 28.9 Å². The highest BCUT2D eigenvalue weighted by atomic mass is 19.1. The molecule has 30 heavy (non-hydrogen) atoms. The minimum absolute atomic E-state index is 0.0142. The van der Waals surface area contributed by atoms with Gasteiger partial charge in [0, 0.05) is 18.3 Å². The van der Waals surface area contributed by atoms with Gasteiger partial charge in [0.05, 0.1) is 17.0 Å². The van der Waals surface area contributed by atoms with Gasteiger partial charge in [-0.3, -0.25) is 24.5 Å². The Hall–Kier alpha value is -4.02. The van der Waals surface area contributed by atoms with Crippen LogP contribution in [0.25, 0.3) is 0 Å². The number of nitrogens with one attached hydrogen (secondary N) is 1. The summed E-state index contributed by atoms with van der Waals surface area (Å²) in [5, 5.41) is 13.0. The number of anilines is 2. The molecule has 156 valence electrons. The quantitative estimate of drug-likeness (QED) is 0.415. The Morgan fingerprint density at radius 3 is 2.80 bits per heavy atom. The maximum atomic E-state index is 13.3. The van der Waals surface area contributed by atoms with Crippen molar-refractivity contribution < 1.29 is 33.2 Å². The van der Waals surface area contributed by atoms with Gasteiger partial charge in [-0.1, -0.05) is 12.1 Å². The van der Waals surface area contributed by atoms with E-state index in [1.54, 1.807) is 24.3 Å². The molecule has 1 aliphatic rings. The van der Waals surface area contributed by atoms with Crippen LogP contribution in [0.2, 0.25) is 0 Å². The molecule has 0 bridgehead atoms. The van der Waals surface area contributed by atoms with E-state index in [1.165, 1.54) is 4.90 Å². The first-order chi connectivity index (χ1) is 14.3. The minimum Gasteiger partial charge on any atom is -0.482 e. The van der Waals surface area contributed by atoms with E-state index < -0.39 is 34.9 Å². The summed E-state index contributed by atoms with van der Waals surface area (Å²) in [7, 11) is 0. The van der Waals surface area contributed by atoms with Gasteiger partial charge in [0.15, 0.2) is 13.2 Å². The molecule has 11 heteroatoms. The maximum Gasteiger partial charge on any atom is 0.308 e. The average molecular weight is 417 g/mol. The normalized spacial score (nSPS) is 12.6. The third-order valence-electron chi connectivity index (χ3n) is 4.14. The molecule has 0 radical (unpaired) electrons. The monoisotopic (exact) mass is 417 g/mol. The molecule has 0 saturated heterocycles. The van der Waals surface area contributed by atoms with Gasteiger partial charge in [-0.05, 0) is 24.3 Å². The number of nitrogens with zero attached hydrogens (tertiary/aromatic N) is 2. The van der Waals surface area contributed by atoms with Gasteiger partial charge in [0.1, 0.15) is 5.75 Å². The molecule has 0 aliphatic carbocycles. The highest BCUT2D eigenvalue weighted by Crippen LogP contribution is 2.31. The lowest BCUT2D eigenvalue weighted by atomic mass is 10.2. The molecule has 10 nitrogen and oxygen atoms in total. The first-order valence-electron chi connectivity index (χ1n) is 8.77. The number of hydrogen-bond donors (Lipinski definition) is 1. The van der Waals surface area contributed by atoms with Crippen LogP contribution in [-0.2, 0) is 19.1 Å². The van der Waals surface area contributed by atoms with Crippen LogP contribution in [0, 0.1) is 15.9 Å². The molecule has 1 heterocycles. The second-order valence-corrected chi connectivity index (χ2v) is 6.18. The van der Waals surface area contributed by atoms with Crippen molar-refractivity contribution in [1.29, 1.82) is 0 Å². The van der Waals surface area contributed by atoms with E-state index in [0.717, 1.165) is 18.2 Å². The fourth-order valence-electron chi connectivity index (χ4n) is 2.75. The molecule has 0 aromatic heterocycles. The number of amides is 2. The molecule has 0 unspecified atom stereocenters. The fraction of sp³-hybridized carbons (Fsp3) is 0.211. The van der Waals surface area contributed by atoms with Crippen molar-refractivity contribution in [2.45, 2.75) is 6.42 Å². The van der Waals surface area contributed by atoms with Gasteiger partial charge in [-0.2, -0.15) is 4.39 Å². The summed E-state index contributed by atoms with van der Waals surface area (Å²) in [5.74, 6) is -2.29. The predicted octanol–water partition coefficient (Wildman–Crippen LogP) is 2.03. The Morgan fingerprint density at radius 2 is 2.03 bits per heavy atom. The first kappa shape index (κ1) is 20.7. The zero-order chi connectivity index (χ0) is 21.7. The molecule has 0 saturated carbocycles. The largest absolute Gasteiger partial charge is 0.482 e. The smallest absolute Gasteiger partial charge is 0.308 e. The number of carbonyl (C=O) groups excluding carboxylic acids is 3. The van der Waals surface area contributed by atoms with Gasteiger partial charge in [-0.25, -0.2) is 0 Å². The summed E-state index contributed by atoms with van der Waals surface area (Å²) in [6, 6.07) is 9.73. The molecule has 1 N–H and O–H groups in total. The number of fused-ring (bicyclic) bond motifs is 1. The van der Waals surface area contributed by atoms with Gasteiger partial charge < -0.3 is 19.7 Å². The Balaban J connectivity index is 1.49. The lowest BCUT2D eigenvalue weighted by molar-refractivity contribution is -0.387. The van der Waals surface area contributed by atoms with Crippen LogP contribution in [0.3, 0.4) is 0 Å². The summed E-state index contributed by atoms with van der Waals surface area (Å²) >= 11 is 0. The highest BCUT2D eigenvalue weighted by molar-refractivity contribution is 5.98. The number of nitro benzene ring substituents is 1. The van der Waals surface area contributed by atoms with Gasteiger partial charge in [0.2, 0.25) is 5.82 Å². The molecular formula is C19H16FN3O7. The molecule has 1 aliphatic heterocycles. The van der Waals surface area contributed by atoms with Crippen molar-refractivity contribution in [1.82, 2.24) is 0 Å². The Morgan fingerprint density at radius 1 is 1.27 bits per heavy atom. The Bertz CT molecular complexity index is 1010. The van der Waals surface area contributed by atoms with E-state index in [1.807, 2.05) is 0 Å². The third-order valence-corrected chi connectivity index (χ3v) is 4.14. The van der Waals surface area contributed by atoms with Crippen molar-refractivity contribution in [3.05, 3.63) is 58.4 Å². The lowest BCUT2D eigenvalue weighted by Crippen LogP contribution is -2.40. The zero-order valence-electron chi connectivity index (χ0n) is 15.5. The topological polar surface area (TPSA) is 128 Å². The van der Waals surface area contributed by atoms with Crippen molar-refractivity contribution in [2.24, 2.45) is 0 Å². The highest BCUT2D eigenvalue weighted by Gasteiger charge is 2.25. The first-order valence-corrected chi connectivity index (χ1v) is 8.77.